The van der Waals surface area contributed by atoms with Crippen LogP contribution in [0.2, 0.25) is 0 Å². The first-order chi connectivity index (χ1) is 9.45. The molecule has 0 bridgehead atoms. The molecule has 0 aliphatic rings. The Balaban J connectivity index is 1.80. The number of primary sulfonamides is 1. The van der Waals surface area contributed by atoms with Crippen LogP contribution in [0.15, 0.2) is 45.7 Å². The summed E-state index contributed by atoms with van der Waals surface area (Å²) in [6.07, 6.45) is 0.810. The monoisotopic (exact) mass is 294 g/mol. The minimum absolute atomic E-state index is 0.139. The lowest BCUT2D eigenvalue weighted by molar-refractivity contribution is 0.463. The summed E-state index contributed by atoms with van der Waals surface area (Å²) in [5.74, 6) is 1.81. The Morgan fingerprint density at radius 1 is 1.15 bits per heavy atom. The maximum absolute atomic E-state index is 11.1. The third kappa shape index (κ3) is 4.19. The van der Waals surface area contributed by atoms with Gasteiger partial charge in [0.15, 0.2) is 0 Å². The standard InChI is InChI=1S/C14H18N2O3S/c1-11-2-5-13(19-11)10-16-9-8-12-3-6-14(7-4-12)20(15,17)18/h2-7,16H,8-10H2,1H3,(H2,15,17,18). The molecule has 0 radical (unpaired) electrons. The molecule has 0 saturated carbocycles. The minimum Gasteiger partial charge on any atom is -0.465 e. The van der Waals surface area contributed by atoms with Gasteiger partial charge in [-0.3, -0.25) is 0 Å². The number of benzene rings is 1. The Kier molecular flexibility index (Phi) is 4.59. The van der Waals surface area contributed by atoms with Gasteiger partial charge in [-0.05, 0) is 49.7 Å². The fraction of sp³-hybridized carbons (Fsp3) is 0.286. The zero-order valence-corrected chi connectivity index (χ0v) is 12.1. The number of hydrogen-bond donors (Lipinski definition) is 2. The first-order valence-electron chi connectivity index (χ1n) is 6.33. The van der Waals surface area contributed by atoms with Gasteiger partial charge < -0.3 is 9.73 Å². The molecule has 0 atom stereocenters. The lowest BCUT2D eigenvalue weighted by atomic mass is 10.1. The van der Waals surface area contributed by atoms with Crippen molar-refractivity contribution in [3.63, 3.8) is 0 Å². The predicted octanol–water partition coefficient (Wildman–Crippen LogP) is 1.57. The molecular formula is C14H18N2O3S. The summed E-state index contributed by atoms with van der Waals surface area (Å²) in [5.41, 5.74) is 1.06. The van der Waals surface area contributed by atoms with Crippen molar-refractivity contribution >= 4 is 10.0 Å². The van der Waals surface area contributed by atoms with E-state index in [9.17, 15) is 8.42 Å². The second-order valence-corrected chi connectivity index (χ2v) is 6.19. The molecule has 0 saturated heterocycles. The molecule has 0 aliphatic carbocycles. The molecule has 1 heterocycles. The number of sulfonamides is 1. The molecule has 0 amide bonds. The number of hydrogen-bond acceptors (Lipinski definition) is 4. The number of nitrogens with one attached hydrogen (secondary N) is 1. The Morgan fingerprint density at radius 3 is 2.40 bits per heavy atom. The third-order valence-electron chi connectivity index (χ3n) is 2.94. The van der Waals surface area contributed by atoms with Crippen molar-refractivity contribution in [1.82, 2.24) is 5.32 Å². The summed E-state index contributed by atoms with van der Waals surface area (Å²) in [7, 11) is -3.61. The fourth-order valence-electron chi connectivity index (χ4n) is 1.87. The van der Waals surface area contributed by atoms with Gasteiger partial charge in [0, 0.05) is 0 Å². The summed E-state index contributed by atoms with van der Waals surface area (Å²) in [5, 5.41) is 8.32. The van der Waals surface area contributed by atoms with Gasteiger partial charge in [-0.2, -0.15) is 0 Å². The number of furan rings is 1. The van der Waals surface area contributed by atoms with Gasteiger partial charge in [0.05, 0.1) is 11.4 Å². The van der Waals surface area contributed by atoms with Crippen LogP contribution in [0.5, 0.6) is 0 Å². The molecule has 1 aromatic carbocycles. The van der Waals surface area contributed by atoms with Crippen molar-refractivity contribution in [2.24, 2.45) is 5.14 Å². The van der Waals surface area contributed by atoms with Gasteiger partial charge >= 0.3 is 0 Å². The van der Waals surface area contributed by atoms with Crippen LogP contribution in [0.4, 0.5) is 0 Å². The van der Waals surface area contributed by atoms with E-state index in [4.69, 9.17) is 9.56 Å². The van der Waals surface area contributed by atoms with E-state index in [0.717, 1.165) is 30.0 Å². The summed E-state index contributed by atoms with van der Waals surface area (Å²) in [4.78, 5) is 0.139. The van der Waals surface area contributed by atoms with Crippen LogP contribution in [0.25, 0.3) is 0 Å². The molecule has 2 rings (SSSR count). The highest BCUT2D eigenvalue weighted by molar-refractivity contribution is 7.89. The molecule has 0 unspecified atom stereocenters. The minimum atomic E-state index is -3.61. The second kappa shape index (κ2) is 6.21. The van der Waals surface area contributed by atoms with Crippen LogP contribution >= 0.6 is 0 Å². The zero-order chi connectivity index (χ0) is 14.6. The summed E-state index contributed by atoms with van der Waals surface area (Å²) in [6, 6.07) is 10.5. The highest BCUT2D eigenvalue weighted by Gasteiger charge is 2.06. The highest BCUT2D eigenvalue weighted by Crippen LogP contribution is 2.09. The molecule has 5 nitrogen and oxygen atoms in total. The zero-order valence-electron chi connectivity index (χ0n) is 11.3. The van der Waals surface area contributed by atoms with Crippen LogP contribution in [-0.4, -0.2) is 15.0 Å². The first kappa shape index (κ1) is 14.8. The molecule has 1 aromatic heterocycles. The summed E-state index contributed by atoms with van der Waals surface area (Å²) < 4.78 is 27.7. The molecule has 108 valence electrons. The molecule has 0 spiro atoms. The van der Waals surface area contributed by atoms with E-state index in [-0.39, 0.29) is 4.90 Å². The molecule has 0 aliphatic heterocycles. The average Bonchev–Trinajstić information content (AvgIpc) is 2.80. The average molecular weight is 294 g/mol. The van der Waals surface area contributed by atoms with E-state index in [1.54, 1.807) is 12.1 Å². The molecule has 6 heteroatoms. The largest absolute Gasteiger partial charge is 0.465 e. The van der Waals surface area contributed by atoms with E-state index >= 15 is 0 Å². The van der Waals surface area contributed by atoms with Gasteiger partial charge in [0.25, 0.3) is 0 Å². The number of nitrogens with two attached hydrogens (primary N) is 1. The van der Waals surface area contributed by atoms with E-state index in [0.29, 0.717) is 6.54 Å². The van der Waals surface area contributed by atoms with Gasteiger partial charge in [-0.1, -0.05) is 12.1 Å². The van der Waals surface area contributed by atoms with E-state index in [2.05, 4.69) is 5.32 Å². The Bertz CT molecular complexity index is 660. The van der Waals surface area contributed by atoms with Crippen molar-refractivity contribution in [3.05, 3.63) is 53.5 Å². The first-order valence-corrected chi connectivity index (χ1v) is 7.87. The molecule has 20 heavy (non-hydrogen) atoms. The van der Waals surface area contributed by atoms with Crippen molar-refractivity contribution in [2.45, 2.75) is 24.8 Å². The van der Waals surface area contributed by atoms with E-state index in [1.807, 2.05) is 19.1 Å². The second-order valence-electron chi connectivity index (χ2n) is 4.63. The lowest BCUT2D eigenvalue weighted by Crippen LogP contribution is -2.16. The Hall–Kier alpha value is -1.63. The molecule has 3 N–H and O–H groups in total. The summed E-state index contributed by atoms with van der Waals surface area (Å²) in [6.45, 7) is 3.38. The Morgan fingerprint density at radius 2 is 1.85 bits per heavy atom. The smallest absolute Gasteiger partial charge is 0.238 e. The predicted molar refractivity (Wildman–Crippen MR) is 76.7 cm³/mol. The van der Waals surface area contributed by atoms with E-state index in [1.165, 1.54) is 12.1 Å². The van der Waals surface area contributed by atoms with Crippen LogP contribution in [0, 0.1) is 6.92 Å². The van der Waals surface area contributed by atoms with Crippen LogP contribution < -0.4 is 10.5 Å². The molecule has 2 aromatic rings. The third-order valence-corrected chi connectivity index (χ3v) is 3.87. The molecular weight excluding hydrogens is 276 g/mol. The maximum atomic E-state index is 11.1. The lowest BCUT2D eigenvalue weighted by Gasteiger charge is -2.04. The summed E-state index contributed by atoms with van der Waals surface area (Å²) >= 11 is 0. The topological polar surface area (TPSA) is 85.3 Å². The van der Waals surface area contributed by atoms with Gasteiger partial charge in [0.1, 0.15) is 11.5 Å². The number of aryl methyl sites for hydroxylation is 1. The van der Waals surface area contributed by atoms with Crippen LogP contribution in [-0.2, 0) is 23.0 Å². The Labute approximate surface area is 118 Å². The van der Waals surface area contributed by atoms with Gasteiger partial charge in [-0.15, -0.1) is 0 Å². The van der Waals surface area contributed by atoms with Crippen molar-refractivity contribution in [2.75, 3.05) is 6.54 Å². The van der Waals surface area contributed by atoms with Crippen molar-refractivity contribution < 1.29 is 12.8 Å². The highest BCUT2D eigenvalue weighted by atomic mass is 32.2. The van der Waals surface area contributed by atoms with E-state index < -0.39 is 10.0 Å². The quantitative estimate of drug-likeness (QED) is 0.792. The van der Waals surface area contributed by atoms with Crippen molar-refractivity contribution in [3.8, 4) is 0 Å². The van der Waals surface area contributed by atoms with Gasteiger partial charge in [-0.25, -0.2) is 13.6 Å². The van der Waals surface area contributed by atoms with Crippen LogP contribution in [0.1, 0.15) is 17.1 Å². The maximum Gasteiger partial charge on any atom is 0.238 e. The van der Waals surface area contributed by atoms with Gasteiger partial charge in [0.2, 0.25) is 10.0 Å². The normalized spacial score (nSPS) is 11.7. The fourth-order valence-corrected chi connectivity index (χ4v) is 2.39. The number of rotatable bonds is 6. The SMILES string of the molecule is Cc1ccc(CNCCc2ccc(S(N)(=O)=O)cc2)o1. The van der Waals surface area contributed by atoms with Crippen LogP contribution in [0.3, 0.4) is 0 Å². The molecule has 0 fully saturated rings. The van der Waals surface area contributed by atoms with Crippen molar-refractivity contribution in [1.29, 1.82) is 0 Å².